The summed E-state index contributed by atoms with van der Waals surface area (Å²) in [6, 6.07) is 6.27. The predicted molar refractivity (Wildman–Crippen MR) is 131 cm³/mol. The zero-order valence-electron chi connectivity index (χ0n) is 19.6. The Morgan fingerprint density at radius 1 is 1.22 bits per heavy atom. The maximum Gasteiger partial charge on any atom is 0.433 e. The van der Waals surface area contributed by atoms with E-state index in [1.165, 1.54) is 0 Å². The van der Waals surface area contributed by atoms with E-state index in [9.17, 15) is 23.1 Å². The molecular formula is C25H24F3N5O2S. The molecule has 0 amide bonds. The lowest BCUT2D eigenvalue weighted by Crippen LogP contribution is -2.36. The molecule has 2 unspecified atom stereocenters. The number of carbonyl (C=O) groups is 1. The smallest absolute Gasteiger partial charge is 0.433 e. The van der Waals surface area contributed by atoms with Crippen molar-refractivity contribution in [3.63, 3.8) is 0 Å². The number of hydrogen-bond acceptors (Lipinski definition) is 6. The van der Waals surface area contributed by atoms with Crippen LogP contribution in [-0.4, -0.2) is 31.0 Å². The number of benzene rings is 1. The van der Waals surface area contributed by atoms with E-state index < -0.39 is 17.8 Å². The molecule has 36 heavy (non-hydrogen) atoms. The number of aromatic amines is 1. The monoisotopic (exact) mass is 515 g/mol. The molecule has 0 bridgehead atoms. The standard InChI is InChI=1S/C25H24F3N5O2S/c1-24(2)10-13(3-6-17(24)22(34)35)21-31-12-19(36-21)16-11-30-18-9-14(4-5-15(16)18)32-23-29-8-7-20(33-23)25(26,27)28/h4-5,7-9,11-13,17,30H,3,6,10H2,1-2H3,(H,34,35)(H,29,32,33). The largest absolute Gasteiger partial charge is 0.481 e. The molecule has 7 nitrogen and oxygen atoms in total. The van der Waals surface area contributed by atoms with Gasteiger partial charge in [0, 0.05) is 46.7 Å². The Labute approximate surface area is 208 Å². The minimum Gasteiger partial charge on any atom is -0.481 e. The van der Waals surface area contributed by atoms with Crippen LogP contribution in [0.5, 0.6) is 0 Å². The fourth-order valence-corrected chi connectivity index (χ4v) is 6.10. The van der Waals surface area contributed by atoms with Crippen LogP contribution in [0, 0.1) is 11.3 Å². The molecule has 3 aromatic heterocycles. The number of anilines is 2. The minimum atomic E-state index is -4.55. The molecule has 0 saturated heterocycles. The highest BCUT2D eigenvalue weighted by atomic mass is 32.1. The number of nitrogens with one attached hydrogen (secondary N) is 2. The lowest BCUT2D eigenvalue weighted by Gasteiger charge is -2.39. The van der Waals surface area contributed by atoms with E-state index in [1.54, 1.807) is 23.5 Å². The minimum absolute atomic E-state index is 0.136. The summed E-state index contributed by atoms with van der Waals surface area (Å²) in [5, 5.41) is 14.3. The summed E-state index contributed by atoms with van der Waals surface area (Å²) in [7, 11) is 0. The van der Waals surface area contributed by atoms with Gasteiger partial charge in [-0.05, 0) is 42.9 Å². The van der Waals surface area contributed by atoms with E-state index in [0.717, 1.165) is 51.5 Å². The number of nitrogens with zero attached hydrogens (tertiary/aromatic N) is 3. The number of fused-ring (bicyclic) bond motifs is 1. The van der Waals surface area contributed by atoms with E-state index in [0.29, 0.717) is 12.1 Å². The first kappa shape index (κ1) is 24.2. The van der Waals surface area contributed by atoms with Gasteiger partial charge in [-0.2, -0.15) is 13.2 Å². The average Bonchev–Trinajstić information content (AvgIpc) is 3.44. The van der Waals surface area contributed by atoms with Crippen LogP contribution < -0.4 is 5.32 Å². The second-order valence-corrected chi connectivity index (χ2v) is 10.8. The van der Waals surface area contributed by atoms with E-state index >= 15 is 0 Å². The Kier molecular flexibility index (Phi) is 5.98. The summed E-state index contributed by atoms with van der Waals surface area (Å²) >= 11 is 1.61. The number of aliphatic carboxylic acids is 1. The van der Waals surface area contributed by atoms with E-state index in [2.05, 4.69) is 25.3 Å². The van der Waals surface area contributed by atoms with Crippen molar-refractivity contribution in [1.29, 1.82) is 0 Å². The Balaban J connectivity index is 1.35. The van der Waals surface area contributed by atoms with Gasteiger partial charge in [-0.3, -0.25) is 4.79 Å². The summed E-state index contributed by atoms with van der Waals surface area (Å²) in [6.07, 6.45) is 2.47. The van der Waals surface area contributed by atoms with E-state index in [-0.39, 0.29) is 23.2 Å². The maximum absolute atomic E-state index is 12.9. The molecule has 2 atom stereocenters. The maximum atomic E-state index is 12.9. The van der Waals surface area contributed by atoms with Gasteiger partial charge in [0.15, 0.2) is 0 Å². The van der Waals surface area contributed by atoms with Gasteiger partial charge < -0.3 is 15.4 Å². The van der Waals surface area contributed by atoms with Crippen molar-refractivity contribution in [2.75, 3.05) is 5.32 Å². The quantitative estimate of drug-likeness (QED) is 0.269. The Bertz CT molecular complexity index is 1430. The van der Waals surface area contributed by atoms with Crippen molar-refractivity contribution < 1.29 is 23.1 Å². The lowest BCUT2D eigenvalue weighted by atomic mass is 9.65. The number of aromatic nitrogens is 4. The molecule has 5 rings (SSSR count). The summed E-state index contributed by atoms with van der Waals surface area (Å²) < 4.78 is 38.8. The fourth-order valence-electron chi connectivity index (χ4n) is 5.02. The number of H-pyrrole nitrogens is 1. The molecule has 11 heteroatoms. The van der Waals surface area contributed by atoms with Crippen molar-refractivity contribution in [2.24, 2.45) is 11.3 Å². The zero-order valence-corrected chi connectivity index (χ0v) is 20.4. The third-order valence-corrected chi connectivity index (χ3v) is 8.03. The first-order valence-electron chi connectivity index (χ1n) is 11.5. The molecule has 1 saturated carbocycles. The third-order valence-electron chi connectivity index (χ3n) is 6.84. The Morgan fingerprint density at radius 3 is 2.75 bits per heavy atom. The zero-order chi connectivity index (χ0) is 25.7. The summed E-state index contributed by atoms with van der Waals surface area (Å²) in [6.45, 7) is 4.03. The Morgan fingerprint density at radius 2 is 2.03 bits per heavy atom. The number of hydrogen-bond donors (Lipinski definition) is 3. The van der Waals surface area contributed by atoms with Crippen molar-refractivity contribution in [3.05, 3.63) is 53.6 Å². The van der Waals surface area contributed by atoms with Crippen LogP contribution in [0.4, 0.5) is 24.8 Å². The predicted octanol–water partition coefficient (Wildman–Crippen LogP) is 6.84. The van der Waals surface area contributed by atoms with Crippen LogP contribution in [0.1, 0.15) is 49.7 Å². The van der Waals surface area contributed by atoms with Crippen molar-refractivity contribution >= 4 is 39.8 Å². The van der Waals surface area contributed by atoms with Crippen LogP contribution in [-0.2, 0) is 11.0 Å². The van der Waals surface area contributed by atoms with Gasteiger partial charge >= 0.3 is 12.1 Å². The van der Waals surface area contributed by atoms with Crippen LogP contribution in [0.15, 0.2) is 42.9 Å². The van der Waals surface area contributed by atoms with Gasteiger partial charge in [-0.1, -0.05) is 19.9 Å². The van der Waals surface area contributed by atoms with Gasteiger partial charge in [-0.15, -0.1) is 11.3 Å². The highest BCUT2D eigenvalue weighted by Gasteiger charge is 2.42. The summed E-state index contributed by atoms with van der Waals surface area (Å²) in [5.41, 5.74) is 1.03. The molecule has 4 aromatic rings. The third kappa shape index (κ3) is 4.67. The van der Waals surface area contributed by atoms with Gasteiger partial charge in [0.05, 0.1) is 15.8 Å². The first-order valence-corrected chi connectivity index (χ1v) is 12.3. The molecule has 188 valence electrons. The Hall–Kier alpha value is -3.47. The molecule has 1 aliphatic carbocycles. The van der Waals surface area contributed by atoms with Crippen molar-refractivity contribution in [2.45, 2.75) is 45.2 Å². The van der Waals surface area contributed by atoms with Gasteiger partial charge in [-0.25, -0.2) is 15.0 Å². The lowest BCUT2D eigenvalue weighted by molar-refractivity contribution is -0.148. The van der Waals surface area contributed by atoms with E-state index in [4.69, 9.17) is 0 Å². The number of thiazole rings is 1. The number of alkyl halides is 3. The van der Waals surface area contributed by atoms with Crippen LogP contribution in [0.3, 0.4) is 0 Å². The van der Waals surface area contributed by atoms with Gasteiger partial charge in [0.1, 0.15) is 5.69 Å². The van der Waals surface area contributed by atoms with Crippen LogP contribution >= 0.6 is 11.3 Å². The number of carboxylic acid groups (broad SMARTS) is 1. The molecule has 3 N–H and O–H groups in total. The molecule has 3 heterocycles. The van der Waals surface area contributed by atoms with E-state index in [1.807, 2.05) is 32.3 Å². The molecule has 1 aromatic carbocycles. The van der Waals surface area contributed by atoms with Gasteiger partial charge in [0.2, 0.25) is 5.95 Å². The number of halogens is 3. The topological polar surface area (TPSA) is 104 Å². The normalized spacial score (nSPS) is 19.9. The number of carboxylic acids is 1. The second-order valence-electron chi connectivity index (χ2n) is 9.77. The number of rotatable bonds is 5. The second kappa shape index (κ2) is 8.88. The first-order chi connectivity index (χ1) is 17.0. The summed E-state index contributed by atoms with van der Waals surface area (Å²) in [5.74, 6) is -0.983. The van der Waals surface area contributed by atoms with Crippen LogP contribution in [0.2, 0.25) is 0 Å². The molecule has 0 spiro atoms. The van der Waals surface area contributed by atoms with Gasteiger partial charge in [0.25, 0.3) is 0 Å². The fraction of sp³-hybridized carbons (Fsp3) is 0.360. The van der Waals surface area contributed by atoms with Crippen LogP contribution in [0.25, 0.3) is 21.3 Å². The van der Waals surface area contributed by atoms with Crippen molar-refractivity contribution in [3.8, 4) is 10.4 Å². The molecule has 0 aliphatic heterocycles. The molecular weight excluding hydrogens is 491 g/mol. The summed E-state index contributed by atoms with van der Waals surface area (Å²) in [4.78, 5) is 27.9. The molecule has 1 aliphatic rings. The highest BCUT2D eigenvalue weighted by molar-refractivity contribution is 7.15. The van der Waals surface area contributed by atoms with Crippen molar-refractivity contribution in [1.82, 2.24) is 19.9 Å². The molecule has 0 radical (unpaired) electrons. The highest BCUT2D eigenvalue weighted by Crippen LogP contribution is 2.48. The SMILES string of the molecule is CC1(C)CC(c2ncc(-c3c[nH]c4cc(Nc5nccc(C(F)(F)F)n5)ccc34)s2)CCC1C(=O)O. The average molecular weight is 516 g/mol. The molecule has 1 fully saturated rings.